The zero-order valence-electron chi connectivity index (χ0n) is 13.9. The highest BCUT2D eigenvalue weighted by Crippen LogP contribution is 2.22. The maximum Gasteiger partial charge on any atom is 0.408 e. The summed E-state index contributed by atoms with van der Waals surface area (Å²) in [6, 6.07) is 11.9. The number of amides is 1. The van der Waals surface area contributed by atoms with E-state index in [2.05, 4.69) is 5.32 Å². The number of rotatable bonds is 5. The van der Waals surface area contributed by atoms with Gasteiger partial charge in [0.25, 0.3) is 0 Å². The molecule has 128 valence electrons. The third-order valence-corrected chi connectivity index (χ3v) is 3.15. The average molecular weight is 331 g/mol. The van der Waals surface area contributed by atoms with E-state index in [0.29, 0.717) is 12.2 Å². The Labute approximate surface area is 140 Å². The van der Waals surface area contributed by atoms with Crippen molar-refractivity contribution < 1.29 is 23.8 Å². The van der Waals surface area contributed by atoms with Crippen LogP contribution < -0.4 is 5.32 Å². The van der Waals surface area contributed by atoms with Gasteiger partial charge in [-0.25, -0.2) is 9.59 Å². The molecule has 0 saturated heterocycles. The van der Waals surface area contributed by atoms with E-state index in [1.807, 2.05) is 30.3 Å². The Morgan fingerprint density at radius 3 is 2.38 bits per heavy atom. The Hall–Kier alpha value is -2.76. The van der Waals surface area contributed by atoms with Crippen molar-refractivity contribution in [3.05, 3.63) is 59.5 Å². The number of aromatic carboxylic acids is 1. The Morgan fingerprint density at radius 1 is 1.17 bits per heavy atom. The second-order valence-electron chi connectivity index (χ2n) is 6.40. The molecule has 1 amide bonds. The van der Waals surface area contributed by atoms with Gasteiger partial charge in [0.05, 0.1) is 6.04 Å². The van der Waals surface area contributed by atoms with Gasteiger partial charge in [-0.3, -0.25) is 0 Å². The van der Waals surface area contributed by atoms with Crippen molar-refractivity contribution in [2.24, 2.45) is 0 Å². The van der Waals surface area contributed by atoms with Crippen molar-refractivity contribution in [1.82, 2.24) is 5.32 Å². The number of alkyl carbamates (subject to hydrolysis) is 1. The molecule has 2 aromatic rings. The summed E-state index contributed by atoms with van der Waals surface area (Å²) in [4.78, 5) is 23.1. The number of ether oxygens (including phenoxy) is 1. The highest BCUT2D eigenvalue weighted by atomic mass is 16.6. The lowest BCUT2D eigenvalue weighted by molar-refractivity contribution is 0.0497. The second kappa shape index (κ2) is 7.21. The SMILES string of the molecule is CC(C)(C)OC(=O)N[C@H](Cc1ccccc1)c1ccc(C(=O)O)o1. The van der Waals surface area contributed by atoms with Gasteiger partial charge in [-0.1, -0.05) is 30.3 Å². The molecule has 2 N–H and O–H groups in total. The minimum absolute atomic E-state index is 0.172. The van der Waals surface area contributed by atoms with Crippen LogP contribution in [-0.4, -0.2) is 22.8 Å². The molecule has 0 aliphatic heterocycles. The molecule has 2 rings (SSSR count). The van der Waals surface area contributed by atoms with Gasteiger partial charge in [0.1, 0.15) is 11.4 Å². The van der Waals surface area contributed by atoms with Crippen LogP contribution in [-0.2, 0) is 11.2 Å². The zero-order valence-corrected chi connectivity index (χ0v) is 13.9. The van der Waals surface area contributed by atoms with Crippen molar-refractivity contribution in [2.75, 3.05) is 0 Å². The van der Waals surface area contributed by atoms with Gasteiger partial charge < -0.3 is 19.6 Å². The predicted molar refractivity (Wildman–Crippen MR) is 87.9 cm³/mol. The number of hydrogen-bond donors (Lipinski definition) is 2. The number of carbonyl (C=O) groups is 2. The van der Waals surface area contributed by atoms with Gasteiger partial charge in [0, 0.05) is 6.42 Å². The number of carboxylic acids is 1. The Kier molecular flexibility index (Phi) is 5.28. The first-order valence-electron chi connectivity index (χ1n) is 7.61. The molecule has 0 aliphatic rings. The molecular weight excluding hydrogens is 310 g/mol. The lowest BCUT2D eigenvalue weighted by Gasteiger charge is -2.23. The number of carbonyl (C=O) groups excluding carboxylic acids is 1. The van der Waals surface area contributed by atoms with Gasteiger partial charge >= 0.3 is 12.1 Å². The number of benzene rings is 1. The fraction of sp³-hybridized carbons (Fsp3) is 0.333. The lowest BCUT2D eigenvalue weighted by atomic mass is 10.0. The molecule has 0 spiro atoms. The van der Waals surface area contributed by atoms with E-state index < -0.39 is 23.7 Å². The molecule has 1 aromatic heterocycles. The molecule has 0 bridgehead atoms. The van der Waals surface area contributed by atoms with Crippen molar-refractivity contribution in [3.63, 3.8) is 0 Å². The van der Waals surface area contributed by atoms with Crippen molar-refractivity contribution in [3.8, 4) is 0 Å². The average Bonchev–Trinajstić information content (AvgIpc) is 2.95. The summed E-state index contributed by atoms with van der Waals surface area (Å²) in [5.74, 6) is -0.965. The first-order chi connectivity index (χ1) is 11.2. The largest absolute Gasteiger partial charge is 0.475 e. The molecule has 0 unspecified atom stereocenters. The molecular formula is C18H21NO5. The van der Waals surface area contributed by atoms with E-state index >= 15 is 0 Å². The van der Waals surface area contributed by atoms with Crippen molar-refractivity contribution in [1.29, 1.82) is 0 Å². The molecule has 0 saturated carbocycles. The highest BCUT2D eigenvalue weighted by Gasteiger charge is 2.24. The monoisotopic (exact) mass is 331 g/mol. The van der Waals surface area contributed by atoms with Crippen LogP contribution >= 0.6 is 0 Å². The van der Waals surface area contributed by atoms with Crippen LogP contribution in [0.3, 0.4) is 0 Å². The van der Waals surface area contributed by atoms with Crippen LogP contribution in [0.2, 0.25) is 0 Å². The number of furan rings is 1. The third-order valence-electron chi connectivity index (χ3n) is 3.15. The van der Waals surface area contributed by atoms with Crippen LogP contribution in [0.5, 0.6) is 0 Å². The summed E-state index contributed by atoms with van der Waals surface area (Å²) >= 11 is 0. The Balaban J connectivity index is 2.20. The number of hydrogen-bond acceptors (Lipinski definition) is 4. The van der Waals surface area contributed by atoms with Gasteiger partial charge in [0.15, 0.2) is 0 Å². The molecule has 0 radical (unpaired) electrons. The second-order valence-corrected chi connectivity index (χ2v) is 6.40. The van der Waals surface area contributed by atoms with E-state index in [4.69, 9.17) is 14.3 Å². The summed E-state index contributed by atoms with van der Waals surface area (Å²) in [5.41, 5.74) is 0.350. The molecule has 24 heavy (non-hydrogen) atoms. The van der Waals surface area contributed by atoms with Crippen LogP contribution in [0.25, 0.3) is 0 Å². The lowest BCUT2D eigenvalue weighted by Crippen LogP contribution is -2.35. The van der Waals surface area contributed by atoms with Crippen molar-refractivity contribution in [2.45, 2.75) is 38.8 Å². The van der Waals surface area contributed by atoms with E-state index in [1.165, 1.54) is 6.07 Å². The third kappa shape index (κ3) is 5.15. The minimum Gasteiger partial charge on any atom is -0.475 e. The fourth-order valence-electron chi connectivity index (χ4n) is 2.18. The standard InChI is InChI=1S/C18H21NO5/c1-18(2,3)24-17(22)19-13(11-12-7-5-4-6-8-12)14-9-10-15(23-14)16(20)21/h4-10,13H,11H2,1-3H3,(H,19,22)(H,20,21)/t13-/m1/s1. The van der Waals surface area contributed by atoms with Crippen LogP contribution in [0, 0.1) is 0 Å². The summed E-state index contributed by atoms with van der Waals surface area (Å²) in [6.45, 7) is 5.32. The van der Waals surface area contributed by atoms with Gasteiger partial charge in [-0.05, 0) is 38.5 Å². The topological polar surface area (TPSA) is 88.8 Å². The van der Waals surface area contributed by atoms with E-state index in [9.17, 15) is 9.59 Å². The number of nitrogens with one attached hydrogen (secondary N) is 1. The van der Waals surface area contributed by atoms with Crippen molar-refractivity contribution >= 4 is 12.1 Å². The van der Waals surface area contributed by atoms with Crippen LogP contribution in [0.4, 0.5) is 4.79 Å². The van der Waals surface area contributed by atoms with Crippen LogP contribution in [0.15, 0.2) is 46.9 Å². The van der Waals surface area contributed by atoms with Gasteiger partial charge in [-0.2, -0.15) is 0 Å². The van der Waals surface area contributed by atoms with E-state index in [1.54, 1.807) is 26.8 Å². The molecule has 0 aliphatic carbocycles. The fourth-order valence-corrected chi connectivity index (χ4v) is 2.18. The van der Waals surface area contributed by atoms with Gasteiger partial charge in [0.2, 0.25) is 5.76 Å². The van der Waals surface area contributed by atoms with E-state index in [0.717, 1.165) is 5.56 Å². The first kappa shape index (κ1) is 17.6. The van der Waals surface area contributed by atoms with E-state index in [-0.39, 0.29) is 5.76 Å². The minimum atomic E-state index is -1.16. The maximum absolute atomic E-state index is 12.1. The predicted octanol–water partition coefficient (Wildman–Crippen LogP) is 3.79. The highest BCUT2D eigenvalue weighted by molar-refractivity contribution is 5.84. The molecule has 1 atom stereocenters. The molecule has 1 heterocycles. The zero-order chi connectivity index (χ0) is 17.7. The molecule has 0 fully saturated rings. The quantitative estimate of drug-likeness (QED) is 0.870. The summed E-state index contributed by atoms with van der Waals surface area (Å²) in [5, 5.41) is 11.7. The molecule has 1 aromatic carbocycles. The van der Waals surface area contributed by atoms with Gasteiger partial charge in [-0.15, -0.1) is 0 Å². The Morgan fingerprint density at radius 2 is 1.83 bits per heavy atom. The number of carboxylic acid groups (broad SMARTS) is 1. The summed E-state index contributed by atoms with van der Waals surface area (Å²) < 4.78 is 10.6. The smallest absolute Gasteiger partial charge is 0.408 e. The molecule has 6 heteroatoms. The summed E-state index contributed by atoms with van der Waals surface area (Å²) in [7, 11) is 0. The Bertz CT molecular complexity index is 700. The normalized spacial score (nSPS) is 12.5. The molecule has 6 nitrogen and oxygen atoms in total. The maximum atomic E-state index is 12.1. The first-order valence-corrected chi connectivity index (χ1v) is 7.61. The summed E-state index contributed by atoms with van der Waals surface area (Å²) in [6.07, 6.45) is -0.135. The van der Waals surface area contributed by atoms with Crippen LogP contribution in [0.1, 0.15) is 48.7 Å².